The number of aryl methyl sites for hydroxylation is 1. The monoisotopic (exact) mass is 415 g/mol. The zero-order valence-electron chi connectivity index (χ0n) is 18.2. The van der Waals surface area contributed by atoms with Crippen LogP contribution in [-0.2, 0) is 9.59 Å². The Morgan fingerprint density at radius 1 is 0.903 bits per heavy atom. The van der Waals surface area contributed by atoms with Gasteiger partial charge in [0.1, 0.15) is 0 Å². The van der Waals surface area contributed by atoms with Gasteiger partial charge in [0.05, 0.1) is 6.04 Å². The quantitative estimate of drug-likeness (QED) is 0.609. The van der Waals surface area contributed by atoms with E-state index in [1.807, 2.05) is 44.2 Å². The first-order valence-electron chi connectivity index (χ1n) is 10.9. The summed E-state index contributed by atoms with van der Waals surface area (Å²) in [5, 5.41) is 8.01. The van der Waals surface area contributed by atoms with Gasteiger partial charge in [-0.05, 0) is 73.3 Å². The maximum atomic E-state index is 12.6. The number of rotatable bonds is 5. The fraction of sp³-hybridized carbons (Fsp3) is 0.308. The van der Waals surface area contributed by atoms with E-state index >= 15 is 0 Å². The summed E-state index contributed by atoms with van der Waals surface area (Å²) >= 11 is 0. The molecule has 160 valence electrons. The third-order valence-corrected chi connectivity index (χ3v) is 6.28. The highest BCUT2D eigenvalue weighted by Crippen LogP contribution is 2.30. The molecule has 1 fully saturated rings. The second kappa shape index (κ2) is 9.31. The number of amides is 2. The molecule has 1 heterocycles. The molecule has 5 heteroatoms. The van der Waals surface area contributed by atoms with E-state index in [0.717, 1.165) is 37.1 Å². The molecule has 1 saturated heterocycles. The zero-order valence-corrected chi connectivity index (χ0v) is 18.2. The number of anilines is 1. The molecule has 4 rings (SSSR count). The Balaban J connectivity index is 1.51. The Labute approximate surface area is 183 Å². The molecule has 0 saturated carbocycles. The lowest BCUT2D eigenvalue weighted by atomic mass is 9.97. The number of nitrogens with one attached hydrogen (secondary N) is 2. The summed E-state index contributed by atoms with van der Waals surface area (Å²) in [6.45, 7) is 6.31. The second-order valence-corrected chi connectivity index (χ2v) is 8.24. The molecule has 2 N–H and O–H groups in total. The highest BCUT2D eigenvalue weighted by atomic mass is 16.2. The van der Waals surface area contributed by atoms with Gasteiger partial charge in [0, 0.05) is 12.2 Å². The van der Waals surface area contributed by atoms with Crippen molar-refractivity contribution in [2.75, 3.05) is 25.0 Å². The van der Waals surface area contributed by atoms with Gasteiger partial charge in [0.2, 0.25) is 0 Å². The van der Waals surface area contributed by atoms with Crippen molar-refractivity contribution in [2.45, 2.75) is 32.7 Å². The van der Waals surface area contributed by atoms with Crippen LogP contribution in [0, 0.1) is 13.8 Å². The molecular formula is C26H29N3O2. The summed E-state index contributed by atoms with van der Waals surface area (Å²) in [6, 6.07) is 20.3. The number of carbonyl (C=O) groups is 2. The molecule has 3 aromatic rings. The van der Waals surface area contributed by atoms with E-state index in [4.69, 9.17) is 0 Å². The van der Waals surface area contributed by atoms with E-state index < -0.39 is 11.8 Å². The van der Waals surface area contributed by atoms with Gasteiger partial charge < -0.3 is 10.6 Å². The van der Waals surface area contributed by atoms with Gasteiger partial charge in [0.15, 0.2) is 0 Å². The first kappa shape index (κ1) is 21.1. The largest absolute Gasteiger partial charge is 0.346 e. The molecule has 2 amide bonds. The van der Waals surface area contributed by atoms with Crippen molar-refractivity contribution in [3.05, 3.63) is 77.4 Å². The molecule has 0 aromatic heterocycles. The second-order valence-electron chi connectivity index (χ2n) is 8.24. The Morgan fingerprint density at radius 2 is 1.61 bits per heavy atom. The molecule has 1 atom stereocenters. The SMILES string of the molecule is Cc1cccc(NC(=O)C(=O)NCC(c2cccc3ccccc23)N2CCCC2)c1C. The van der Waals surface area contributed by atoms with Crippen LogP contribution >= 0.6 is 0 Å². The van der Waals surface area contributed by atoms with Gasteiger partial charge in [-0.3, -0.25) is 14.5 Å². The van der Waals surface area contributed by atoms with Crippen molar-refractivity contribution in [3.63, 3.8) is 0 Å². The number of likely N-dealkylation sites (tertiary alicyclic amines) is 1. The maximum absolute atomic E-state index is 12.6. The lowest BCUT2D eigenvalue weighted by molar-refractivity contribution is -0.136. The molecule has 1 aliphatic rings. The summed E-state index contributed by atoms with van der Waals surface area (Å²) in [7, 11) is 0. The van der Waals surface area contributed by atoms with E-state index in [9.17, 15) is 9.59 Å². The van der Waals surface area contributed by atoms with Crippen molar-refractivity contribution in [3.8, 4) is 0 Å². The molecule has 0 spiro atoms. The van der Waals surface area contributed by atoms with Gasteiger partial charge in [-0.25, -0.2) is 0 Å². The molecule has 31 heavy (non-hydrogen) atoms. The van der Waals surface area contributed by atoms with Crippen molar-refractivity contribution >= 4 is 28.3 Å². The van der Waals surface area contributed by atoms with Crippen LogP contribution in [0.15, 0.2) is 60.7 Å². The predicted molar refractivity (Wildman–Crippen MR) is 125 cm³/mol. The predicted octanol–water partition coefficient (Wildman–Crippen LogP) is 4.35. The van der Waals surface area contributed by atoms with E-state index in [1.165, 1.54) is 16.3 Å². The molecule has 5 nitrogen and oxygen atoms in total. The third kappa shape index (κ3) is 4.62. The average Bonchev–Trinajstić information content (AvgIpc) is 3.31. The number of carbonyl (C=O) groups excluding carboxylic acids is 2. The minimum Gasteiger partial charge on any atom is -0.346 e. The van der Waals surface area contributed by atoms with Gasteiger partial charge >= 0.3 is 11.8 Å². The molecule has 0 aliphatic carbocycles. The Bertz CT molecular complexity index is 1100. The number of hydrogen-bond acceptors (Lipinski definition) is 3. The van der Waals surface area contributed by atoms with Crippen molar-refractivity contribution in [1.82, 2.24) is 10.2 Å². The van der Waals surface area contributed by atoms with Gasteiger partial charge in [-0.1, -0.05) is 54.6 Å². The van der Waals surface area contributed by atoms with Crippen LogP contribution in [0.2, 0.25) is 0 Å². The number of hydrogen-bond donors (Lipinski definition) is 2. The van der Waals surface area contributed by atoms with Gasteiger partial charge in [0.25, 0.3) is 0 Å². The molecule has 0 bridgehead atoms. The maximum Gasteiger partial charge on any atom is 0.313 e. The lowest BCUT2D eigenvalue weighted by Gasteiger charge is -2.29. The first-order valence-corrected chi connectivity index (χ1v) is 10.9. The molecule has 1 aliphatic heterocycles. The average molecular weight is 416 g/mol. The molecule has 3 aromatic carbocycles. The van der Waals surface area contributed by atoms with Crippen molar-refractivity contribution in [2.24, 2.45) is 0 Å². The van der Waals surface area contributed by atoms with Crippen LogP contribution < -0.4 is 10.6 Å². The third-order valence-electron chi connectivity index (χ3n) is 6.28. The van der Waals surface area contributed by atoms with E-state index in [2.05, 4.69) is 45.9 Å². The van der Waals surface area contributed by atoms with E-state index in [1.54, 1.807) is 0 Å². The van der Waals surface area contributed by atoms with Crippen molar-refractivity contribution in [1.29, 1.82) is 0 Å². The highest BCUT2D eigenvalue weighted by Gasteiger charge is 2.26. The van der Waals surface area contributed by atoms with Crippen LogP contribution in [0.1, 0.15) is 35.6 Å². The Hall–Kier alpha value is -3.18. The summed E-state index contributed by atoms with van der Waals surface area (Å²) in [5.41, 5.74) is 3.90. The normalized spacial score (nSPS) is 15.0. The van der Waals surface area contributed by atoms with Gasteiger partial charge in [-0.15, -0.1) is 0 Å². The molecule has 1 unspecified atom stereocenters. The molecule has 0 radical (unpaired) electrons. The minimum atomic E-state index is -0.633. The van der Waals surface area contributed by atoms with Crippen molar-refractivity contribution < 1.29 is 9.59 Å². The Kier molecular flexibility index (Phi) is 6.33. The summed E-state index contributed by atoms with van der Waals surface area (Å²) in [6.07, 6.45) is 2.31. The highest BCUT2D eigenvalue weighted by molar-refractivity contribution is 6.39. The topological polar surface area (TPSA) is 61.4 Å². The fourth-order valence-electron chi connectivity index (χ4n) is 4.37. The summed E-state index contributed by atoms with van der Waals surface area (Å²) in [5.74, 6) is -1.24. The number of fused-ring (bicyclic) bond motifs is 1. The number of benzene rings is 3. The van der Waals surface area contributed by atoms with E-state index in [0.29, 0.717) is 12.2 Å². The molecular weight excluding hydrogens is 386 g/mol. The first-order chi connectivity index (χ1) is 15.0. The zero-order chi connectivity index (χ0) is 21.8. The number of nitrogens with zero attached hydrogens (tertiary/aromatic N) is 1. The van der Waals surface area contributed by atoms with Crippen LogP contribution in [-0.4, -0.2) is 36.3 Å². The summed E-state index contributed by atoms with van der Waals surface area (Å²) < 4.78 is 0. The van der Waals surface area contributed by atoms with Crippen LogP contribution in [0.4, 0.5) is 5.69 Å². The smallest absolute Gasteiger partial charge is 0.313 e. The summed E-state index contributed by atoms with van der Waals surface area (Å²) in [4.78, 5) is 27.5. The van der Waals surface area contributed by atoms with E-state index in [-0.39, 0.29) is 6.04 Å². The fourth-order valence-corrected chi connectivity index (χ4v) is 4.37. The Morgan fingerprint density at radius 3 is 2.42 bits per heavy atom. The van der Waals surface area contributed by atoms with Crippen LogP contribution in [0.3, 0.4) is 0 Å². The van der Waals surface area contributed by atoms with Crippen LogP contribution in [0.5, 0.6) is 0 Å². The van der Waals surface area contributed by atoms with Crippen LogP contribution in [0.25, 0.3) is 10.8 Å². The minimum absolute atomic E-state index is 0.0334. The standard InChI is InChI=1S/C26H29N3O2/c1-18-9-7-14-23(19(18)2)28-26(31)25(30)27-17-24(29-15-5-6-16-29)22-13-8-11-20-10-3-4-12-21(20)22/h3-4,7-14,24H,5-6,15-17H2,1-2H3,(H,27,30)(H,28,31). The van der Waals surface area contributed by atoms with Gasteiger partial charge in [-0.2, -0.15) is 0 Å². The lowest BCUT2D eigenvalue weighted by Crippen LogP contribution is -2.41.